The summed E-state index contributed by atoms with van der Waals surface area (Å²) >= 11 is 0. The van der Waals surface area contributed by atoms with Crippen LogP contribution in [0.15, 0.2) is 0 Å². The number of hydrogen-bond acceptors (Lipinski definition) is 13. The van der Waals surface area contributed by atoms with Crippen molar-refractivity contribution in [2.75, 3.05) is 13.2 Å². The van der Waals surface area contributed by atoms with Crippen molar-refractivity contribution in [2.24, 2.45) is 5.73 Å². The maximum Gasteiger partial charge on any atom is 0.234 e. The van der Waals surface area contributed by atoms with Crippen LogP contribution in [0.1, 0.15) is 12.8 Å². The maximum atomic E-state index is 11.6. The third-order valence-electron chi connectivity index (χ3n) is 4.94. The summed E-state index contributed by atoms with van der Waals surface area (Å²) in [5.74, 6) is -1.34. The fourth-order valence-corrected chi connectivity index (χ4v) is 3.05. The van der Waals surface area contributed by atoms with E-state index < -0.39 is 86.4 Å². The Morgan fingerprint density at radius 3 is 2.06 bits per heavy atom. The lowest BCUT2D eigenvalue weighted by Crippen LogP contribution is -2.65. The van der Waals surface area contributed by atoms with Crippen LogP contribution < -0.4 is 16.6 Å². The Hall–Kier alpha value is -1.50. The predicted molar refractivity (Wildman–Crippen MR) is 96.1 cm³/mol. The van der Waals surface area contributed by atoms with E-state index in [1.165, 1.54) is 0 Å². The van der Waals surface area contributed by atoms with E-state index in [1.54, 1.807) is 0 Å². The molecule has 15 nitrogen and oxygen atoms in total. The number of nitrogens with one attached hydrogen (secondary N) is 2. The van der Waals surface area contributed by atoms with Crippen LogP contribution in [-0.2, 0) is 23.8 Å². The van der Waals surface area contributed by atoms with E-state index in [0.717, 1.165) is 0 Å². The Morgan fingerprint density at radius 1 is 0.839 bits per heavy atom. The van der Waals surface area contributed by atoms with Gasteiger partial charge in [-0.2, -0.15) is 0 Å². The van der Waals surface area contributed by atoms with Gasteiger partial charge in [0.25, 0.3) is 0 Å². The number of ether oxygens (including phenoxy) is 3. The highest BCUT2D eigenvalue weighted by molar-refractivity contribution is 5.82. The van der Waals surface area contributed by atoms with Crippen molar-refractivity contribution in [3.05, 3.63) is 0 Å². The number of amides is 2. The third kappa shape index (κ3) is 6.50. The van der Waals surface area contributed by atoms with Gasteiger partial charge in [0, 0.05) is 12.8 Å². The lowest BCUT2D eigenvalue weighted by Gasteiger charge is -2.43. The molecule has 0 spiro atoms. The van der Waals surface area contributed by atoms with Crippen molar-refractivity contribution in [3.8, 4) is 0 Å². The number of aliphatic hydroxyl groups excluding tert-OH is 7. The predicted octanol–water partition coefficient (Wildman–Crippen LogP) is -6.50. The number of nitrogens with two attached hydrogens (primary N) is 1. The van der Waals surface area contributed by atoms with Gasteiger partial charge in [-0.05, 0) is 0 Å². The van der Waals surface area contributed by atoms with E-state index in [9.17, 15) is 45.3 Å². The van der Waals surface area contributed by atoms with E-state index in [2.05, 4.69) is 10.9 Å². The molecule has 0 aromatic carbocycles. The van der Waals surface area contributed by atoms with Crippen molar-refractivity contribution in [2.45, 2.75) is 74.2 Å². The standard InChI is InChI=1S/C16H29N3O12/c17-7(21)1-2-8(22)18-19-15-13(27)11(25)10(24)6(30-15)4-29-16-14(28)12(26)9(23)5(3-20)31-16/h5-6,9-16,19-20,23-28H,1-4H2,(H2,17,21)(H,18,22)/t5-,6-,9-,10-,11+,12+,13+,14+,15-,16+/m1/s1. The highest BCUT2D eigenvalue weighted by Crippen LogP contribution is 2.24. The molecule has 31 heavy (non-hydrogen) atoms. The molecule has 2 rings (SSSR count). The summed E-state index contributed by atoms with van der Waals surface area (Å²) in [6.07, 6.45) is -15.8. The second-order valence-electron chi connectivity index (χ2n) is 7.26. The average Bonchev–Trinajstić information content (AvgIpc) is 2.74. The number of carbonyl (C=O) groups is 2. The number of carbonyl (C=O) groups excluding carboxylic acids is 2. The molecule has 0 unspecified atom stereocenters. The zero-order chi connectivity index (χ0) is 23.3. The van der Waals surface area contributed by atoms with Crippen LogP contribution in [0, 0.1) is 0 Å². The van der Waals surface area contributed by atoms with E-state index in [0.29, 0.717) is 0 Å². The van der Waals surface area contributed by atoms with E-state index in [4.69, 9.17) is 19.9 Å². The molecule has 0 aromatic heterocycles. The molecule has 2 aliphatic rings. The zero-order valence-electron chi connectivity index (χ0n) is 16.4. The Kier molecular flexibility index (Phi) is 9.46. The van der Waals surface area contributed by atoms with Gasteiger partial charge >= 0.3 is 0 Å². The van der Waals surface area contributed by atoms with Gasteiger partial charge in [-0.3, -0.25) is 15.0 Å². The van der Waals surface area contributed by atoms with Crippen molar-refractivity contribution in [3.63, 3.8) is 0 Å². The molecule has 180 valence electrons. The first-order valence-electron chi connectivity index (χ1n) is 9.51. The maximum absolute atomic E-state index is 11.6. The Labute approximate surface area is 176 Å². The molecule has 2 amide bonds. The SMILES string of the molecule is NC(=O)CCC(=O)NN[C@@H]1O[C@H](CO[C@H]2O[C@H](CO)[C@@H](O)[C@H](O)[C@@H]2O)[C@@H](O)[C@H](O)[C@@H]1O. The van der Waals surface area contributed by atoms with Crippen LogP contribution in [0.2, 0.25) is 0 Å². The monoisotopic (exact) mass is 455 g/mol. The zero-order valence-corrected chi connectivity index (χ0v) is 16.4. The normalized spacial score (nSPS) is 41.0. The van der Waals surface area contributed by atoms with Crippen LogP contribution in [0.4, 0.5) is 0 Å². The fourth-order valence-electron chi connectivity index (χ4n) is 3.05. The first kappa shape index (κ1) is 25.8. The molecule has 2 heterocycles. The molecular weight excluding hydrogens is 426 g/mol. The summed E-state index contributed by atoms with van der Waals surface area (Å²) in [5.41, 5.74) is 9.42. The van der Waals surface area contributed by atoms with Crippen LogP contribution >= 0.6 is 0 Å². The molecule has 0 saturated carbocycles. The van der Waals surface area contributed by atoms with Gasteiger partial charge in [0.2, 0.25) is 11.8 Å². The summed E-state index contributed by atoms with van der Waals surface area (Å²) in [6, 6.07) is 0. The molecule has 11 N–H and O–H groups in total. The van der Waals surface area contributed by atoms with Crippen LogP contribution in [0.25, 0.3) is 0 Å². The minimum absolute atomic E-state index is 0.210. The molecule has 0 radical (unpaired) electrons. The number of aliphatic hydroxyl groups is 7. The average molecular weight is 455 g/mol. The molecule has 2 fully saturated rings. The number of primary amides is 1. The highest BCUT2D eigenvalue weighted by atomic mass is 16.7. The van der Waals surface area contributed by atoms with E-state index in [-0.39, 0.29) is 12.8 Å². The number of hydrazine groups is 1. The van der Waals surface area contributed by atoms with Crippen molar-refractivity contribution in [1.29, 1.82) is 0 Å². The molecule has 15 heteroatoms. The lowest BCUT2D eigenvalue weighted by molar-refractivity contribution is -0.315. The lowest BCUT2D eigenvalue weighted by atomic mass is 9.98. The molecule has 0 bridgehead atoms. The fraction of sp³-hybridized carbons (Fsp3) is 0.875. The van der Waals surface area contributed by atoms with Crippen molar-refractivity contribution >= 4 is 11.8 Å². The van der Waals surface area contributed by atoms with Crippen LogP contribution in [-0.4, -0.2) is 122 Å². The van der Waals surface area contributed by atoms with Crippen molar-refractivity contribution < 1.29 is 59.5 Å². The second-order valence-corrected chi connectivity index (χ2v) is 7.26. The Morgan fingerprint density at radius 2 is 1.45 bits per heavy atom. The van der Waals surface area contributed by atoms with Crippen LogP contribution in [0.5, 0.6) is 0 Å². The molecule has 2 aliphatic heterocycles. The minimum atomic E-state index is -1.71. The first-order valence-corrected chi connectivity index (χ1v) is 9.51. The largest absolute Gasteiger partial charge is 0.394 e. The Bertz CT molecular complexity index is 610. The van der Waals surface area contributed by atoms with Gasteiger partial charge in [-0.15, -0.1) is 0 Å². The topological polar surface area (TPSA) is 254 Å². The summed E-state index contributed by atoms with van der Waals surface area (Å²) in [7, 11) is 0. The molecular formula is C16H29N3O12. The van der Waals surface area contributed by atoms with Crippen LogP contribution in [0.3, 0.4) is 0 Å². The molecule has 0 aliphatic carbocycles. The van der Waals surface area contributed by atoms with Gasteiger partial charge in [0.1, 0.15) is 48.8 Å². The first-order chi connectivity index (χ1) is 14.6. The van der Waals surface area contributed by atoms with Crippen molar-refractivity contribution in [1.82, 2.24) is 10.9 Å². The number of rotatable bonds is 9. The highest BCUT2D eigenvalue weighted by Gasteiger charge is 2.47. The molecule has 10 atom stereocenters. The molecule has 0 aromatic rings. The van der Waals surface area contributed by atoms with Gasteiger partial charge in [-0.25, -0.2) is 5.43 Å². The third-order valence-corrected chi connectivity index (χ3v) is 4.94. The summed E-state index contributed by atoms with van der Waals surface area (Å²) < 4.78 is 15.8. The Balaban J connectivity index is 1.92. The molecule has 2 saturated heterocycles. The van der Waals surface area contributed by atoms with Gasteiger partial charge in [0.15, 0.2) is 12.5 Å². The van der Waals surface area contributed by atoms with Gasteiger partial charge in [-0.1, -0.05) is 0 Å². The second kappa shape index (κ2) is 11.4. The van der Waals surface area contributed by atoms with Gasteiger partial charge < -0.3 is 55.7 Å². The van der Waals surface area contributed by atoms with E-state index >= 15 is 0 Å². The van der Waals surface area contributed by atoms with E-state index in [1.807, 2.05) is 0 Å². The summed E-state index contributed by atoms with van der Waals surface area (Å²) in [5, 5.41) is 68.9. The number of hydrogen-bond donors (Lipinski definition) is 10. The summed E-state index contributed by atoms with van der Waals surface area (Å²) in [4.78, 5) is 22.3. The van der Waals surface area contributed by atoms with Gasteiger partial charge in [0.05, 0.1) is 13.2 Å². The summed E-state index contributed by atoms with van der Waals surface area (Å²) in [6.45, 7) is -1.18. The smallest absolute Gasteiger partial charge is 0.234 e. The minimum Gasteiger partial charge on any atom is -0.394 e. The quantitative estimate of drug-likeness (QED) is 0.145.